The van der Waals surface area contributed by atoms with Gasteiger partial charge >= 0.3 is 0 Å². The van der Waals surface area contributed by atoms with Gasteiger partial charge in [0.2, 0.25) is 11.4 Å². The summed E-state index contributed by atoms with van der Waals surface area (Å²) in [6, 6.07) is 35.9. The topological polar surface area (TPSA) is 60.6 Å². The third-order valence-corrected chi connectivity index (χ3v) is 9.89. The van der Waals surface area contributed by atoms with Crippen molar-refractivity contribution >= 4 is 38.5 Å². The first kappa shape index (κ1) is 35.8. The number of rotatable bonds is 16. The molecule has 0 saturated heterocycles. The van der Waals surface area contributed by atoms with E-state index in [-0.39, 0.29) is 4.90 Å². The largest absolute Gasteiger partial charge is 0.341 e. The minimum absolute atomic E-state index is 0.109. The molecule has 0 aliphatic heterocycles. The maximum absolute atomic E-state index is 12.6. The van der Waals surface area contributed by atoms with Gasteiger partial charge in [-0.1, -0.05) is 113 Å². The van der Waals surface area contributed by atoms with E-state index in [0.717, 1.165) is 65.4 Å². The van der Waals surface area contributed by atoms with Gasteiger partial charge in [0.1, 0.15) is 11.4 Å². The molecule has 0 radical (unpaired) electrons. The van der Waals surface area contributed by atoms with Crippen molar-refractivity contribution in [1.29, 1.82) is 0 Å². The first-order valence-corrected chi connectivity index (χ1v) is 19.1. The van der Waals surface area contributed by atoms with Crippen molar-refractivity contribution < 1.29 is 17.5 Å². The molecule has 1 N–H and O–H groups in total. The molecule has 0 amide bonds. The highest BCUT2D eigenvalue weighted by Gasteiger charge is 2.23. The smallest absolute Gasteiger partial charge is 0.295 e. The maximum atomic E-state index is 12.6. The average Bonchev–Trinajstić information content (AvgIpc) is 3.13. The van der Waals surface area contributed by atoms with Gasteiger partial charge in [0, 0.05) is 54.2 Å². The Kier molecular flexibility index (Phi) is 13.0. The Morgan fingerprint density at radius 2 is 1.20 bits per heavy atom. The maximum Gasteiger partial charge on any atom is 0.295 e. The third kappa shape index (κ3) is 9.56. The van der Waals surface area contributed by atoms with Crippen LogP contribution in [0.5, 0.6) is 0 Å². The number of para-hydroxylation sites is 2. The summed E-state index contributed by atoms with van der Waals surface area (Å²) in [6.45, 7) is 6.26. The lowest BCUT2D eigenvalue weighted by Gasteiger charge is -2.26. The van der Waals surface area contributed by atoms with Gasteiger partial charge < -0.3 is 4.90 Å². The van der Waals surface area contributed by atoms with Gasteiger partial charge in [0.25, 0.3) is 10.1 Å². The summed E-state index contributed by atoms with van der Waals surface area (Å²) < 4.78 is 37.9. The van der Waals surface area contributed by atoms with Crippen LogP contribution in [0.3, 0.4) is 0 Å². The predicted octanol–water partition coefficient (Wildman–Crippen LogP) is 10.9. The summed E-state index contributed by atoms with van der Waals surface area (Å²) in [5.41, 5.74) is 7.37. The van der Waals surface area contributed by atoms with Crippen LogP contribution in [0, 0.1) is 0 Å². The second-order valence-corrected chi connectivity index (χ2v) is 13.9. The molecule has 6 heteroatoms. The van der Waals surface area contributed by atoms with Crippen LogP contribution >= 0.6 is 0 Å². The molecule has 0 aromatic heterocycles. The number of unbranched alkanes of at least 4 members (excludes halogenated alkanes) is 6. The molecule has 0 atom stereocenters. The lowest BCUT2D eigenvalue weighted by molar-refractivity contribution is -0.439. The Morgan fingerprint density at radius 1 is 0.633 bits per heavy atom. The van der Waals surface area contributed by atoms with Crippen molar-refractivity contribution in [3.63, 3.8) is 0 Å². The summed E-state index contributed by atoms with van der Waals surface area (Å²) in [5.74, 6) is 0. The Labute approximate surface area is 293 Å². The molecule has 1 aliphatic carbocycles. The van der Waals surface area contributed by atoms with Gasteiger partial charge in [-0.15, -0.1) is 0 Å². The predicted molar refractivity (Wildman–Crippen MR) is 205 cm³/mol. The molecule has 5 nitrogen and oxygen atoms in total. The van der Waals surface area contributed by atoms with Crippen molar-refractivity contribution in [2.24, 2.45) is 0 Å². The van der Waals surface area contributed by atoms with E-state index in [0.29, 0.717) is 5.56 Å². The van der Waals surface area contributed by atoms with Crippen LogP contribution in [0.25, 0.3) is 5.57 Å². The zero-order chi connectivity index (χ0) is 34.5. The second kappa shape index (κ2) is 17.8. The van der Waals surface area contributed by atoms with Gasteiger partial charge in [-0.3, -0.25) is 4.55 Å². The summed E-state index contributed by atoms with van der Waals surface area (Å²) >= 11 is 0. The lowest BCUT2D eigenvalue weighted by Crippen LogP contribution is -2.18. The number of anilines is 2. The summed E-state index contributed by atoms with van der Waals surface area (Å²) in [4.78, 5) is 2.24. The molecular formula is C43H49N2O3S+. The summed E-state index contributed by atoms with van der Waals surface area (Å²) in [5, 5.41) is 0. The number of nitrogens with zero attached hydrogens (tertiary/aromatic N) is 2. The van der Waals surface area contributed by atoms with Gasteiger partial charge in [0.05, 0.1) is 0 Å². The molecule has 0 heterocycles. The Balaban J connectivity index is 1.58. The molecular weight excluding hydrogens is 625 g/mol. The van der Waals surface area contributed by atoms with Gasteiger partial charge in [0.15, 0.2) is 0 Å². The number of benzene rings is 4. The van der Waals surface area contributed by atoms with Crippen LogP contribution in [-0.4, -0.2) is 36.3 Å². The fourth-order valence-corrected chi connectivity index (χ4v) is 7.11. The van der Waals surface area contributed by atoms with E-state index in [1.54, 1.807) is 12.1 Å². The fourth-order valence-electron chi connectivity index (χ4n) is 6.42. The van der Waals surface area contributed by atoms with E-state index < -0.39 is 10.1 Å². The minimum Gasteiger partial charge on any atom is -0.341 e. The Hall–Kier alpha value is -4.52. The molecule has 49 heavy (non-hydrogen) atoms. The Bertz CT molecular complexity index is 1870. The first-order chi connectivity index (χ1) is 23.9. The third-order valence-electron chi connectivity index (χ3n) is 8.98. The van der Waals surface area contributed by atoms with Crippen molar-refractivity contribution in [2.75, 3.05) is 18.0 Å². The molecule has 254 valence electrons. The molecule has 0 fully saturated rings. The van der Waals surface area contributed by atoms with Crippen molar-refractivity contribution in [3.05, 3.63) is 150 Å². The van der Waals surface area contributed by atoms with E-state index in [1.807, 2.05) is 18.2 Å². The molecule has 1 aliphatic rings. The highest BCUT2D eigenvalue weighted by molar-refractivity contribution is 7.86. The number of hydrogen-bond acceptors (Lipinski definition) is 3. The molecule has 4 aromatic carbocycles. The van der Waals surface area contributed by atoms with Crippen molar-refractivity contribution in [3.8, 4) is 0 Å². The van der Waals surface area contributed by atoms with E-state index in [2.05, 4.69) is 120 Å². The number of hydrogen-bond donors (Lipinski definition) is 1. The van der Waals surface area contributed by atoms with Crippen LogP contribution < -0.4 is 4.90 Å². The zero-order valence-electron chi connectivity index (χ0n) is 28.8. The first-order valence-electron chi connectivity index (χ1n) is 17.7. The minimum atomic E-state index is -4.48. The molecule has 0 unspecified atom stereocenters. The Morgan fingerprint density at radius 3 is 1.84 bits per heavy atom. The van der Waals surface area contributed by atoms with Crippen LogP contribution in [0.4, 0.5) is 17.1 Å². The normalized spacial score (nSPS) is 12.7. The van der Waals surface area contributed by atoms with Gasteiger partial charge in [-0.05, 0) is 72.0 Å². The highest BCUT2D eigenvalue weighted by Crippen LogP contribution is 2.36. The van der Waals surface area contributed by atoms with Gasteiger partial charge in [-0.25, -0.2) is 0 Å². The number of allylic oxidation sites excluding steroid dienone is 5. The standard InChI is InChI=1S/C43H48N2O3S/c1-3-5-7-17-33-44(37-19-11-9-12-20-37)39-29-25-35(26-30-39)43(41-23-15-16-24-42(41)49(46,47)48)36-27-31-40(32-28-36)45(34-18-8-6-4-2)38-21-13-10-14-22-38/h9-16,19-32H,3-8,17-18,33-34H2,1-2H3/p+1. The SMILES string of the molecule is CCCCCCN(c1ccccc1)c1ccc(C(=C2C=CC(=[N+](CCCCCC)c3ccccc3)C=C2)c2ccccc2S(=O)(=O)O)cc1. The van der Waals surface area contributed by atoms with E-state index >= 15 is 0 Å². The van der Waals surface area contributed by atoms with Crippen LogP contribution in [0.15, 0.2) is 144 Å². The second-order valence-electron chi connectivity index (χ2n) is 12.5. The fraction of sp³-hybridized carbons (Fsp3) is 0.279. The van der Waals surface area contributed by atoms with Gasteiger partial charge in [-0.2, -0.15) is 13.0 Å². The van der Waals surface area contributed by atoms with Crippen molar-refractivity contribution in [2.45, 2.75) is 70.1 Å². The average molecular weight is 674 g/mol. The zero-order valence-corrected chi connectivity index (χ0v) is 29.7. The highest BCUT2D eigenvalue weighted by atomic mass is 32.2. The van der Waals surface area contributed by atoms with Crippen LogP contribution in [0.1, 0.15) is 76.3 Å². The van der Waals surface area contributed by atoms with Crippen LogP contribution in [-0.2, 0) is 10.1 Å². The summed E-state index contributed by atoms with van der Waals surface area (Å²) in [7, 11) is -4.48. The van der Waals surface area contributed by atoms with E-state index in [1.165, 1.54) is 44.6 Å². The summed E-state index contributed by atoms with van der Waals surface area (Å²) in [6.07, 6.45) is 17.7. The molecule has 0 saturated carbocycles. The van der Waals surface area contributed by atoms with Crippen molar-refractivity contribution in [1.82, 2.24) is 0 Å². The van der Waals surface area contributed by atoms with E-state index in [9.17, 15) is 13.0 Å². The molecule has 4 aromatic rings. The monoisotopic (exact) mass is 673 g/mol. The molecule has 5 rings (SSSR count). The van der Waals surface area contributed by atoms with Crippen LogP contribution in [0.2, 0.25) is 0 Å². The molecule has 0 spiro atoms. The quantitative estimate of drug-likeness (QED) is 0.0730. The lowest BCUT2D eigenvalue weighted by atomic mass is 9.90. The van der Waals surface area contributed by atoms with E-state index in [4.69, 9.17) is 0 Å². The molecule has 0 bridgehead atoms.